The van der Waals surface area contributed by atoms with E-state index in [-0.39, 0.29) is 5.17 Å². The first-order valence-electron chi connectivity index (χ1n) is 4.43. The number of hydrogen-bond donors (Lipinski definition) is 2. The number of ether oxygens (including phenoxy) is 3. The Labute approximate surface area is 103 Å². The van der Waals surface area contributed by atoms with Crippen LogP contribution < -0.4 is 20.5 Å². The molecule has 0 spiro atoms. The van der Waals surface area contributed by atoms with E-state index in [4.69, 9.17) is 27.4 Å². The van der Waals surface area contributed by atoms with Crippen LogP contribution in [0.5, 0.6) is 11.6 Å². The van der Waals surface area contributed by atoms with Gasteiger partial charge in [0.15, 0.2) is 0 Å². The van der Waals surface area contributed by atoms with E-state index in [2.05, 4.69) is 15.0 Å². The minimum atomic E-state index is -1.00. The average Bonchev–Trinajstić information content (AvgIpc) is 2.27. The summed E-state index contributed by atoms with van der Waals surface area (Å²) in [5, 5.41) is 2.35. The number of thiocarbonyl (C=S) groups is 1. The van der Waals surface area contributed by atoms with E-state index in [1.807, 2.05) is 0 Å². The second-order valence-corrected chi connectivity index (χ2v) is 3.14. The fourth-order valence-corrected chi connectivity index (χ4v) is 1.18. The van der Waals surface area contributed by atoms with E-state index in [0.717, 1.165) is 0 Å². The van der Waals surface area contributed by atoms with Crippen molar-refractivity contribution in [2.75, 3.05) is 19.5 Å². The van der Waals surface area contributed by atoms with E-state index in [1.165, 1.54) is 14.2 Å². The molecule has 3 N–H and O–H groups in total. The summed E-state index contributed by atoms with van der Waals surface area (Å²) in [6.07, 6.45) is -1.00. The van der Waals surface area contributed by atoms with Crippen molar-refractivity contribution in [2.24, 2.45) is 5.73 Å². The van der Waals surface area contributed by atoms with Crippen molar-refractivity contribution >= 4 is 29.3 Å². The zero-order valence-electron chi connectivity index (χ0n) is 9.22. The maximum Gasteiger partial charge on any atom is 0.411 e. The van der Waals surface area contributed by atoms with Crippen molar-refractivity contribution in [3.05, 3.63) is 12.1 Å². The van der Waals surface area contributed by atoms with Crippen LogP contribution in [0.2, 0.25) is 0 Å². The van der Waals surface area contributed by atoms with Gasteiger partial charge < -0.3 is 25.3 Å². The number of carbonyl (C=O) groups is 1. The third kappa shape index (κ3) is 4.11. The van der Waals surface area contributed by atoms with Crippen molar-refractivity contribution in [3.8, 4) is 11.6 Å². The Hall–Kier alpha value is -2.09. The van der Waals surface area contributed by atoms with Gasteiger partial charge in [0.2, 0.25) is 5.88 Å². The molecule has 1 amide bonds. The second kappa shape index (κ2) is 5.85. The van der Waals surface area contributed by atoms with Crippen molar-refractivity contribution in [1.82, 2.24) is 4.98 Å². The zero-order valence-corrected chi connectivity index (χ0v) is 10.0. The highest BCUT2D eigenvalue weighted by Gasteiger charge is 2.07. The number of nitrogens with two attached hydrogens (primary N) is 1. The van der Waals surface area contributed by atoms with E-state index in [9.17, 15) is 4.79 Å². The van der Waals surface area contributed by atoms with Gasteiger partial charge in [-0.2, -0.15) is 4.98 Å². The van der Waals surface area contributed by atoms with Gasteiger partial charge in [0.05, 0.1) is 14.2 Å². The topological polar surface area (TPSA) is 95.7 Å². The van der Waals surface area contributed by atoms with E-state index in [1.54, 1.807) is 12.1 Å². The van der Waals surface area contributed by atoms with Gasteiger partial charge in [-0.25, -0.2) is 4.79 Å². The predicted octanol–water partition coefficient (Wildman–Crippen LogP) is 0.891. The summed E-state index contributed by atoms with van der Waals surface area (Å²) in [5.41, 5.74) is 4.80. The van der Waals surface area contributed by atoms with Gasteiger partial charge in [-0.1, -0.05) is 0 Å². The molecule has 1 aromatic rings. The fourth-order valence-electron chi connectivity index (χ4n) is 0.989. The maximum absolute atomic E-state index is 10.4. The molecule has 17 heavy (non-hydrogen) atoms. The minimum Gasteiger partial charge on any atom is -0.496 e. The fraction of sp³-hybridized carbons (Fsp3) is 0.222. The highest BCUT2D eigenvalue weighted by molar-refractivity contribution is 7.80. The third-order valence-corrected chi connectivity index (χ3v) is 1.83. The number of rotatable bonds is 3. The standard InChI is InChI=1S/C9H11N3O4S/c1-14-5-3-6(11-7(4-5)15-2)12-9(17)16-8(10)13/h3-4H,1-2H3,(H2,10,13)(H,11,12,17). The Kier molecular flexibility index (Phi) is 4.46. The van der Waals surface area contributed by atoms with Crippen LogP contribution in [0.1, 0.15) is 0 Å². The molecule has 0 unspecified atom stereocenters. The first-order chi connectivity index (χ1) is 8.05. The molecular formula is C9H11N3O4S. The summed E-state index contributed by atoms with van der Waals surface area (Å²) in [5.74, 6) is 1.16. The molecule has 1 aromatic heterocycles. The number of amides is 1. The van der Waals surface area contributed by atoms with Gasteiger partial charge in [-0.15, -0.1) is 0 Å². The summed E-state index contributed by atoms with van der Waals surface area (Å²) in [7, 11) is 2.96. The lowest BCUT2D eigenvalue weighted by molar-refractivity contribution is 0.209. The number of pyridine rings is 1. The molecule has 0 atom stereocenters. The molecule has 7 nitrogen and oxygen atoms in total. The zero-order chi connectivity index (χ0) is 12.8. The number of anilines is 1. The highest BCUT2D eigenvalue weighted by Crippen LogP contribution is 2.21. The van der Waals surface area contributed by atoms with Crippen molar-refractivity contribution in [3.63, 3.8) is 0 Å². The van der Waals surface area contributed by atoms with Gasteiger partial charge in [0, 0.05) is 12.1 Å². The van der Waals surface area contributed by atoms with Crippen molar-refractivity contribution < 1.29 is 19.0 Å². The lowest BCUT2D eigenvalue weighted by Crippen LogP contribution is -2.22. The Morgan fingerprint density at radius 1 is 1.41 bits per heavy atom. The van der Waals surface area contributed by atoms with Crippen LogP contribution in [-0.2, 0) is 4.74 Å². The first-order valence-corrected chi connectivity index (χ1v) is 4.84. The van der Waals surface area contributed by atoms with E-state index in [0.29, 0.717) is 17.4 Å². The summed E-state index contributed by atoms with van der Waals surface area (Å²) in [6.45, 7) is 0. The summed E-state index contributed by atoms with van der Waals surface area (Å²) < 4.78 is 14.4. The highest BCUT2D eigenvalue weighted by atomic mass is 32.1. The quantitative estimate of drug-likeness (QED) is 0.776. The summed E-state index contributed by atoms with van der Waals surface area (Å²) >= 11 is 4.72. The average molecular weight is 257 g/mol. The molecule has 0 bridgehead atoms. The molecule has 0 aliphatic heterocycles. The Morgan fingerprint density at radius 3 is 2.65 bits per heavy atom. The van der Waals surface area contributed by atoms with Crippen LogP contribution in [0.15, 0.2) is 12.1 Å². The molecule has 0 saturated heterocycles. The SMILES string of the molecule is COc1cc(NC(=S)OC(N)=O)nc(OC)c1. The van der Waals surface area contributed by atoms with Crippen LogP contribution in [0.4, 0.5) is 10.6 Å². The summed E-state index contributed by atoms with van der Waals surface area (Å²) in [6, 6.07) is 3.14. The van der Waals surface area contributed by atoms with Crippen LogP contribution >= 0.6 is 12.2 Å². The molecule has 0 aromatic carbocycles. The van der Waals surface area contributed by atoms with Gasteiger partial charge >= 0.3 is 6.09 Å². The first kappa shape index (κ1) is 13.0. The van der Waals surface area contributed by atoms with Crippen LogP contribution in [-0.4, -0.2) is 30.5 Å². The number of nitrogens with zero attached hydrogens (tertiary/aromatic N) is 1. The van der Waals surface area contributed by atoms with E-state index >= 15 is 0 Å². The van der Waals surface area contributed by atoms with Gasteiger partial charge in [0.25, 0.3) is 5.17 Å². The number of methoxy groups -OCH3 is 2. The van der Waals surface area contributed by atoms with E-state index < -0.39 is 6.09 Å². The molecular weight excluding hydrogens is 246 g/mol. The minimum absolute atomic E-state index is 0.208. The van der Waals surface area contributed by atoms with Gasteiger partial charge in [-0.05, 0) is 12.2 Å². The Bertz CT molecular complexity index is 416. The predicted molar refractivity (Wildman–Crippen MR) is 64.2 cm³/mol. The molecule has 1 heterocycles. The van der Waals surface area contributed by atoms with Crippen LogP contribution in [0.3, 0.4) is 0 Å². The lowest BCUT2D eigenvalue weighted by Gasteiger charge is -2.09. The Morgan fingerprint density at radius 2 is 2.12 bits per heavy atom. The molecule has 0 aliphatic carbocycles. The number of hydrogen-bond acceptors (Lipinski definition) is 6. The van der Waals surface area contributed by atoms with Crippen LogP contribution in [0.25, 0.3) is 0 Å². The van der Waals surface area contributed by atoms with Gasteiger partial charge in [0.1, 0.15) is 11.6 Å². The van der Waals surface area contributed by atoms with Crippen molar-refractivity contribution in [2.45, 2.75) is 0 Å². The largest absolute Gasteiger partial charge is 0.496 e. The summed E-state index contributed by atoms with van der Waals surface area (Å²) in [4.78, 5) is 14.5. The third-order valence-electron chi connectivity index (χ3n) is 1.64. The molecule has 8 heteroatoms. The number of nitrogens with one attached hydrogen (secondary N) is 1. The lowest BCUT2D eigenvalue weighted by atomic mass is 10.4. The number of aromatic nitrogens is 1. The van der Waals surface area contributed by atoms with Gasteiger partial charge in [-0.3, -0.25) is 0 Å². The molecule has 92 valence electrons. The monoisotopic (exact) mass is 257 g/mol. The number of primary amides is 1. The molecule has 0 saturated carbocycles. The molecule has 0 radical (unpaired) electrons. The number of carbonyl (C=O) groups excluding carboxylic acids is 1. The second-order valence-electron chi connectivity index (χ2n) is 2.77. The Balaban J connectivity index is 2.82. The molecule has 0 aliphatic rings. The van der Waals surface area contributed by atoms with Crippen LogP contribution in [0, 0.1) is 0 Å². The smallest absolute Gasteiger partial charge is 0.411 e. The van der Waals surface area contributed by atoms with Crippen molar-refractivity contribution in [1.29, 1.82) is 0 Å². The molecule has 0 fully saturated rings. The molecule has 1 rings (SSSR count). The normalized spacial score (nSPS) is 9.29. The maximum atomic E-state index is 10.4.